The lowest BCUT2D eigenvalue weighted by Crippen LogP contribution is -2.23. The molecule has 3 nitrogen and oxygen atoms in total. The van der Waals surface area contributed by atoms with Crippen LogP contribution in [-0.4, -0.2) is 13.0 Å². The number of halogens is 2. The number of carbonyl (C=O) groups excluding carboxylic acids is 1. The Morgan fingerprint density at radius 1 is 1.09 bits per heavy atom. The van der Waals surface area contributed by atoms with Crippen LogP contribution in [0.3, 0.4) is 0 Å². The van der Waals surface area contributed by atoms with Gasteiger partial charge >= 0.3 is 0 Å². The second-order valence-electron chi connectivity index (χ2n) is 4.88. The molecular formula is C17H17F2NO2. The molecule has 0 spiro atoms. The SMILES string of the molecule is COc1cccc(CCC(=O)NCc2ccc(F)c(F)c2)c1. The third kappa shape index (κ3) is 4.55. The molecule has 0 atom stereocenters. The van der Waals surface area contributed by atoms with E-state index in [-0.39, 0.29) is 12.5 Å². The summed E-state index contributed by atoms with van der Waals surface area (Å²) < 4.78 is 31.0. The molecule has 0 aliphatic heterocycles. The number of hydrogen-bond acceptors (Lipinski definition) is 2. The molecule has 0 unspecified atom stereocenters. The largest absolute Gasteiger partial charge is 0.497 e. The highest BCUT2D eigenvalue weighted by atomic mass is 19.2. The first kappa shape index (κ1) is 15.9. The van der Waals surface area contributed by atoms with Gasteiger partial charge in [0.05, 0.1) is 7.11 Å². The molecule has 0 radical (unpaired) electrons. The van der Waals surface area contributed by atoms with E-state index in [4.69, 9.17) is 4.74 Å². The van der Waals surface area contributed by atoms with Crippen molar-refractivity contribution in [3.63, 3.8) is 0 Å². The Morgan fingerprint density at radius 2 is 1.91 bits per heavy atom. The van der Waals surface area contributed by atoms with Crippen LogP contribution in [0.5, 0.6) is 5.75 Å². The van der Waals surface area contributed by atoms with Gasteiger partial charge in [-0.15, -0.1) is 0 Å². The van der Waals surface area contributed by atoms with Gasteiger partial charge in [-0.2, -0.15) is 0 Å². The molecule has 0 aromatic heterocycles. The zero-order chi connectivity index (χ0) is 15.9. The van der Waals surface area contributed by atoms with Crippen LogP contribution in [0.1, 0.15) is 17.5 Å². The summed E-state index contributed by atoms with van der Waals surface area (Å²) in [5, 5.41) is 2.69. The summed E-state index contributed by atoms with van der Waals surface area (Å²) in [6.45, 7) is 0.175. The van der Waals surface area contributed by atoms with Gasteiger partial charge in [0.15, 0.2) is 11.6 Å². The Kier molecular flexibility index (Phi) is 5.47. The predicted molar refractivity (Wildman–Crippen MR) is 79.5 cm³/mol. The molecule has 2 aromatic carbocycles. The van der Waals surface area contributed by atoms with Gasteiger partial charge in [0.1, 0.15) is 5.75 Å². The Balaban J connectivity index is 1.81. The molecule has 0 bridgehead atoms. The Labute approximate surface area is 127 Å². The number of aryl methyl sites for hydroxylation is 1. The summed E-state index contributed by atoms with van der Waals surface area (Å²) in [5.74, 6) is -1.21. The molecule has 116 valence electrons. The van der Waals surface area contributed by atoms with Gasteiger partial charge in [-0.25, -0.2) is 8.78 Å². The molecule has 1 amide bonds. The standard InChI is InChI=1S/C17H17F2NO2/c1-22-14-4-2-3-12(9-14)6-8-17(21)20-11-13-5-7-15(18)16(19)10-13/h2-5,7,9-10H,6,8,11H2,1H3,(H,20,21). The van der Waals surface area contributed by atoms with Crippen molar-refractivity contribution in [2.45, 2.75) is 19.4 Å². The number of benzene rings is 2. The zero-order valence-electron chi connectivity index (χ0n) is 12.2. The first-order valence-electron chi connectivity index (χ1n) is 6.92. The third-order valence-electron chi connectivity index (χ3n) is 3.25. The van der Waals surface area contributed by atoms with Crippen LogP contribution in [0, 0.1) is 11.6 Å². The Bertz CT molecular complexity index is 659. The van der Waals surface area contributed by atoms with E-state index in [0.29, 0.717) is 18.4 Å². The van der Waals surface area contributed by atoms with Gasteiger partial charge in [0.25, 0.3) is 0 Å². The fraction of sp³-hybridized carbons (Fsp3) is 0.235. The van der Waals surface area contributed by atoms with Gasteiger partial charge in [-0.1, -0.05) is 18.2 Å². The molecule has 5 heteroatoms. The predicted octanol–water partition coefficient (Wildman–Crippen LogP) is 3.22. The van der Waals surface area contributed by atoms with Crippen LogP contribution in [0.25, 0.3) is 0 Å². The van der Waals surface area contributed by atoms with Crippen molar-refractivity contribution in [1.29, 1.82) is 0 Å². The molecule has 2 aromatic rings. The number of rotatable bonds is 6. The lowest BCUT2D eigenvalue weighted by atomic mass is 10.1. The quantitative estimate of drug-likeness (QED) is 0.890. The fourth-order valence-corrected chi connectivity index (χ4v) is 2.02. The fourth-order valence-electron chi connectivity index (χ4n) is 2.02. The maximum absolute atomic E-state index is 13.0. The molecule has 1 N–H and O–H groups in total. The van der Waals surface area contributed by atoms with E-state index in [1.165, 1.54) is 6.07 Å². The summed E-state index contributed by atoms with van der Waals surface area (Å²) in [5.41, 5.74) is 1.52. The summed E-state index contributed by atoms with van der Waals surface area (Å²) in [6, 6.07) is 11.1. The topological polar surface area (TPSA) is 38.3 Å². The van der Waals surface area contributed by atoms with Gasteiger partial charge < -0.3 is 10.1 Å². The Hall–Kier alpha value is -2.43. The molecule has 0 fully saturated rings. The summed E-state index contributed by atoms with van der Waals surface area (Å²) in [7, 11) is 1.59. The van der Waals surface area contributed by atoms with Crippen molar-refractivity contribution in [1.82, 2.24) is 5.32 Å². The van der Waals surface area contributed by atoms with Crippen molar-refractivity contribution in [2.75, 3.05) is 7.11 Å². The normalized spacial score (nSPS) is 10.3. The monoisotopic (exact) mass is 305 g/mol. The third-order valence-corrected chi connectivity index (χ3v) is 3.25. The van der Waals surface area contributed by atoms with Gasteiger partial charge in [0, 0.05) is 13.0 Å². The molecule has 0 aliphatic carbocycles. The lowest BCUT2D eigenvalue weighted by molar-refractivity contribution is -0.121. The molecular weight excluding hydrogens is 288 g/mol. The zero-order valence-corrected chi connectivity index (χ0v) is 12.2. The van der Waals surface area contributed by atoms with Crippen molar-refractivity contribution in [2.24, 2.45) is 0 Å². The van der Waals surface area contributed by atoms with Crippen molar-refractivity contribution in [3.8, 4) is 5.75 Å². The lowest BCUT2D eigenvalue weighted by Gasteiger charge is -2.07. The summed E-state index contributed by atoms with van der Waals surface area (Å²) in [4.78, 5) is 11.8. The van der Waals surface area contributed by atoms with E-state index >= 15 is 0 Å². The number of amides is 1. The van der Waals surface area contributed by atoms with Crippen LogP contribution in [-0.2, 0) is 17.8 Å². The molecule has 0 aliphatic rings. The van der Waals surface area contributed by atoms with E-state index < -0.39 is 11.6 Å². The average Bonchev–Trinajstić information content (AvgIpc) is 2.54. The van der Waals surface area contributed by atoms with Gasteiger partial charge in [-0.05, 0) is 41.8 Å². The molecule has 22 heavy (non-hydrogen) atoms. The van der Waals surface area contributed by atoms with Gasteiger partial charge in [-0.3, -0.25) is 4.79 Å². The number of hydrogen-bond donors (Lipinski definition) is 1. The molecule has 0 saturated carbocycles. The maximum Gasteiger partial charge on any atom is 0.220 e. The van der Waals surface area contributed by atoms with Crippen LogP contribution in [0.4, 0.5) is 8.78 Å². The Morgan fingerprint density at radius 3 is 2.64 bits per heavy atom. The smallest absolute Gasteiger partial charge is 0.220 e. The highest BCUT2D eigenvalue weighted by Crippen LogP contribution is 2.14. The summed E-state index contributed by atoms with van der Waals surface area (Å²) >= 11 is 0. The minimum absolute atomic E-state index is 0.146. The van der Waals surface area contributed by atoms with Crippen molar-refractivity contribution >= 4 is 5.91 Å². The first-order chi connectivity index (χ1) is 10.6. The highest BCUT2D eigenvalue weighted by molar-refractivity contribution is 5.76. The van der Waals surface area contributed by atoms with Crippen LogP contribution in [0.2, 0.25) is 0 Å². The molecule has 0 saturated heterocycles. The summed E-state index contributed by atoms with van der Waals surface area (Å²) in [6.07, 6.45) is 0.900. The van der Waals surface area contributed by atoms with E-state index in [0.717, 1.165) is 23.4 Å². The maximum atomic E-state index is 13.0. The average molecular weight is 305 g/mol. The van der Waals surface area contributed by atoms with Gasteiger partial charge in [0.2, 0.25) is 5.91 Å². The number of ether oxygens (including phenoxy) is 1. The minimum Gasteiger partial charge on any atom is -0.497 e. The number of carbonyl (C=O) groups is 1. The molecule has 2 rings (SSSR count). The van der Waals surface area contributed by atoms with Crippen LogP contribution < -0.4 is 10.1 Å². The molecule has 0 heterocycles. The van der Waals surface area contributed by atoms with Crippen molar-refractivity contribution < 1.29 is 18.3 Å². The minimum atomic E-state index is -0.914. The van der Waals surface area contributed by atoms with E-state index in [1.54, 1.807) is 7.11 Å². The van der Waals surface area contributed by atoms with Crippen molar-refractivity contribution in [3.05, 3.63) is 65.2 Å². The number of methoxy groups -OCH3 is 1. The van der Waals surface area contributed by atoms with E-state index in [9.17, 15) is 13.6 Å². The second-order valence-corrected chi connectivity index (χ2v) is 4.88. The van der Waals surface area contributed by atoms with Crippen LogP contribution in [0.15, 0.2) is 42.5 Å². The highest BCUT2D eigenvalue weighted by Gasteiger charge is 2.06. The van der Waals surface area contributed by atoms with Crippen LogP contribution >= 0.6 is 0 Å². The van der Waals surface area contributed by atoms with E-state index in [2.05, 4.69) is 5.32 Å². The first-order valence-corrected chi connectivity index (χ1v) is 6.92. The second kappa shape index (κ2) is 7.54. The van der Waals surface area contributed by atoms with E-state index in [1.807, 2.05) is 24.3 Å². The number of nitrogens with one attached hydrogen (secondary N) is 1.